The third-order valence-corrected chi connectivity index (χ3v) is 2.26. The molecule has 0 aromatic carbocycles. The van der Waals surface area contributed by atoms with Crippen LogP contribution in [0.25, 0.3) is 0 Å². The van der Waals surface area contributed by atoms with Crippen molar-refractivity contribution in [2.24, 2.45) is 0 Å². The van der Waals surface area contributed by atoms with E-state index in [0.717, 1.165) is 11.8 Å². The molecule has 2 aromatic rings. The fraction of sp³-hybridized carbons (Fsp3) is 0.250. The Hall–Kier alpha value is -1.50. The lowest BCUT2D eigenvalue weighted by atomic mass is 10.5. The Morgan fingerprint density at radius 3 is 2.67 bits per heavy atom. The van der Waals surface area contributed by atoms with Crippen molar-refractivity contribution >= 4 is 11.8 Å². The molecule has 78 valence electrons. The summed E-state index contributed by atoms with van der Waals surface area (Å²) < 4.78 is 18.0. The highest BCUT2D eigenvalue weighted by Gasteiger charge is 2.08. The zero-order chi connectivity index (χ0) is 10.8. The molecule has 0 aliphatic carbocycles. The highest BCUT2D eigenvalue weighted by molar-refractivity contribution is 7.99. The molecule has 0 aliphatic heterocycles. The van der Waals surface area contributed by atoms with Gasteiger partial charge in [0, 0.05) is 12.6 Å². The van der Waals surface area contributed by atoms with Crippen LogP contribution in [0.3, 0.4) is 0 Å². The van der Waals surface area contributed by atoms with Crippen LogP contribution in [0.2, 0.25) is 0 Å². The molecule has 0 aliphatic rings. The van der Waals surface area contributed by atoms with Crippen molar-refractivity contribution in [1.82, 2.24) is 20.2 Å². The number of nitrogens with zero attached hydrogens (tertiary/aromatic N) is 4. The van der Waals surface area contributed by atoms with E-state index >= 15 is 0 Å². The second-order valence-corrected chi connectivity index (χ2v) is 3.78. The van der Waals surface area contributed by atoms with Crippen LogP contribution in [-0.4, -0.2) is 20.2 Å². The van der Waals surface area contributed by atoms with Gasteiger partial charge in [-0.3, -0.25) is 0 Å². The maximum Gasteiger partial charge on any atom is 0.309 e. The molecular weight excluding hydrogens is 219 g/mol. The van der Waals surface area contributed by atoms with Crippen molar-refractivity contribution in [2.75, 3.05) is 0 Å². The van der Waals surface area contributed by atoms with Crippen molar-refractivity contribution in [2.45, 2.75) is 24.1 Å². The second-order valence-electron chi connectivity index (χ2n) is 2.81. The summed E-state index contributed by atoms with van der Waals surface area (Å²) in [5.41, 5.74) is 0.557. The van der Waals surface area contributed by atoms with Gasteiger partial charge in [-0.2, -0.15) is 9.37 Å². The van der Waals surface area contributed by atoms with E-state index in [1.54, 1.807) is 19.9 Å². The van der Waals surface area contributed by atoms with Crippen LogP contribution in [0, 0.1) is 19.9 Å². The normalized spacial score (nSPS) is 10.6. The number of halogens is 1. The molecule has 5 nitrogen and oxygen atoms in total. The lowest BCUT2D eigenvalue weighted by Crippen LogP contribution is -1.93. The molecule has 0 saturated heterocycles. The summed E-state index contributed by atoms with van der Waals surface area (Å²) in [7, 11) is 0. The summed E-state index contributed by atoms with van der Waals surface area (Å²) >= 11 is 1.11. The third-order valence-electron chi connectivity index (χ3n) is 1.50. The van der Waals surface area contributed by atoms with Crippen molar-refractivity contribution in [1.29, 1.82) is 0 Å². The first-order chi connectivity index (χ1) is 7.13. The molecule has 0 unspecified atom stereocenters. The SMILES string of the molecule is Cc1cc(Sc2nnc(C)o2)nc(F)n1. The van der Waals surface area contributed by atoms with Gasteiger partial charge >= 0.3 is 6.08 Å². The average Bonchev–Trinajstić information content (AvgIpc) is 2.49. The summed E-state index contributed by atoms with van der Waals surface area (Å²) in [6, 6.07) is 1.65. The summed E-state index contributed by atoms with van der Waals surface area (Å²) in [5.74, 6) is 0.462. The maximum atomic E-state index is 12.8. The minimum atomic E-state index is -0.756. The molecule has 0 atom stereocenters. The number of hydrogen-bond donors (Lipinski definition) is 0. The molecule has 0 saturated carbocycles. The van der Waals surface area contributed by atoms with E-state index in [4.69, 9.17) is 4.42 Å². The minimum Gasteiger partial charge on any atom is -0.416 e. The van der Waals surface area contributed by atoms with Gasteiger partial charge in [0.15, 0.2) is 0 Å². The van der Waals surface area contributed by atoms with Crippen LogP contribution in [0.1, 0.15) is 11.6 Å². The molecule has 2 rings (SSSR count). The maximum absolute atomic E-state index is 12.8. The molecule has 2 heterocycles. The van der Waals surface area contributed by atoms with E-state index in [1.165, 1.54) is 0 Å². The number of aromatic nitrogens is 4. The fourth-order valence-corrected chi connectivity index (χ4v) is 1.74. The molecule has 0 fully saturated rings. The van der Waals surface area contributed by atoms with Crippen LogP contribution in [0.15, 0.2) is 20.7 Å². The van der Waals surface area contributed by atoms with Crippen LogP contribution < -0.4 is 0 Å². The summed E-state index contributed by atoms with van der Waals surface area (Å²) in [6.45, 7) is 3.37. The van der Waals surface area contributed by atoms with Gasteiger partial charge in [-0.1, -0.05) is 0 Å². The van der Waals surface area contributed by atoms with Gasteiger partial charge in [0.25, 0.3) is 5.22 Å². The molecule has 2 aromatic heterocycles. The van der Waals surface area contributed by atoms with Crippen LogP contribution in [0.4, 0.5) is 4.39 Å². The summed E-state index contributed by atoms with van der Waals surface area (Å²) in [5, 5.41) is 8.20. The van der Waals surface area contributed by atoms with E-state index in [0.29, 0.717) is 21.8 Å². The van der Waals surface area contributed by atoms with Crippen LogP contribution in [-0.2, 0) is 0 Å². The number of rotatable bonds is 2. The van der Waals surface area contributed by atoms with Crippen LogP contribution in [0.5, 0.6) is 0 Å². The Bertz CT molecular complexity index is 467. The first-order valence-corrected chi connectivity index (χ1v) is 4.94. The molecule has 7 heteroatoms. The topological polar surface area (TPSA) is 64.7 Å². The second kappa shape index (κ2) is 3.93. The molecule has 0 N–H and O–H groups in total. The monoisotopic (exact) mass is 226 g/mol. The largest absolute Gasteiger partial charge is 0.416 e. The Morgan fingerprint density at radius 1 is 1.27 bits per heavy atom. The predicted molar refractivity (Wildman–Crippen MR) is 49.9 cm³/mol. The Labute approximate surface area is 89.1 Å². The van der Waals surface area contributed by atoms with Gasteiger partial charge in [-0.25, -0.2) is 4.98 Å². The van der Waals surface area contributed by atoms with Gasteiger partial charge in [0.2, 0.25) is 5.89 Å². The first-order valence-electron chi connectivity index (χ1n) is 4.12. The Kier molecular flexibility index (Phi) is 2.63. The van der Waals surface area contributed by atoms with Crippen molar-refractivity contribution in [3.05, 3.63) is 23.7 Å². The van der Waals surface area contributed by atoms with E-state index in [-0.39, 0.29) is 0 Å². The average molecular weight is 226 g/mol. The molecule has 0 amide bonds. The van der Waals surface area contributed by atoms with Gasteiger partial charge in [-0.05, 0) is 24.8 Å². The standard InChI is InChI=1S/C8H7FN4OS/c1-4-3-6(11-7(9)10-4)15-8-13-12-5(2)14-8/h3H,1-2H3. The lowest BCUT2D eigenvalue weighted by Gasteiger charge is -1.97. The minimum absolute atomic E-state index is 0.338. The molecular formula is C8H7FN4OS. The molecule has 15 heavy (non-hydrogen) atoms. The van der Waals surface area contributed by atoms with Crippen molar-refractivity contribution in [3.63, 3.8) is 0 Å². The third kappa shape index (κ3) is 2.50. The van der Waals surface area contributed by atoms with Gasteiger partial charge in [0.1, 0.15) is 5.03 Å². The Balaban J connectivity index is 2.24. The molecule has 0 bridgehead atoms. The van der Waals surface area contributed by atoms with Crippen molar-refractivity contribution < 1.29 is 8.81 Å². The number of aryl methyl sites for hydroxylation is 2. The van der Waals surface area contributed by atoms with Crippen molar-refractivity contribution in [3.8, 4) is 0 Å². The predicted octanol–water partition coefficient (Wildman–Crippen LogP) is 1.77. The first kappa shape index (κ1) is 10.0. The molecule has 0 spiro atoms. The van der Waals surface area contributed by atoms with Gasteiger partial charge < -0.3 is 4.42 Å². The quantitative estimate of drug-likeness (QED) is 0.574. The molecule has 0 radical (unpaired) electrons. The summed E-state index contributed by atoms with van der Waals surface area (Å²) in [4.78, 5) is 7.12. The lowest BCUT2D eigenvalue weighted by molar-refractivity contribution is 0.428. The van der Waals surface area contributed by atoms with E-state index in [2.05, 4.69) is 20.2 Å². The zero-order valence-corrected chi connectivity index (χ0v) is 8.88. The van der Waals surface area contributed by atoms with E-state index < -0.39 is 6.08 Å². The smallest absolute Gasteiger partial charge is 0.309 e. The number of hydrogen-bond acceptors (Lipinski definition) is 6. The van der Waals surface area contributed by atoms with Gasteiger partial charge in [0.05, 0.1) is 0 Å². The zero-order valence-electron chi connectivity index (χ0n) is 8.06. The fourth-order valence-electron chi connectivity index (χ4n) is 0.966. The Morgan fingerprint density at radius 2 is 2.07 bits per heavy atom. The van der Waals surface area contributed by atoms with Crippen LogP contribution >= 0.6 is 11.8 Å². The van der Waals surface area contributed by atoms with E-state index in [1.807, 2.05) is 0 Å². The highest BCUT2D eigenvalue weighted by Crippen LogP contribution is 2.24. The van der Waals surface area contributed by atoms with Gasteiger partial charge in [-0.15, -0.1) is 10.2 Å². The highest BCUT2D eigenvalue weighted by atomic mass is 32.2. The van der Waals surface area contributed by atoms with E-state index in [9.17, 15) is 4.39 Å². The summed E-state index contributed by atoms with van der Waals surface area (Å²) in [6.07, 6.45) is -0.756.